The Labute approximate surface area is 140 Å². The van der Waals surface area contributed by atoms with Crippen LogP contribution in [0.5, 0.6) is 0 Å². The Bertz CT molecular complexity index is 753. The number of hydrogen-bond donors (Lipinski definition) is 1. The fourth-order valence-electron chi connectivity index (χ4n) is 3.49. The van der Waals surface area contributed by atoms with E-state index < -0.39 is 0 Å². The number of aryl methyl sites for hydroxylation is 1. The van der Waals surface area contributed by atoms with Crippen LogP contribution in [0.3, 0.4) is 0 Å². The van der Waals surface area contributed by atoms with Gasteiger partial charge in [0.2, 0.25) is 5.91 Å². The van der Waals surface area contributed by atoms with Gasteiger partial charge >= 0.3 is 0 Å². The predicted molar refractivity (Wildman–Crippen MR) is 95.3 cm³/mol. The number of unbranched alkanes of at least 4 members (excludes halogenated alkanes) is 1. The minimum absolute atomic E-state index is 0.248. The van der Waals surface area contributed by atoms with Crippen LogP contribution in [0.15, 0.2) is 17.5 Å². The molecule has 0 saturated heterocycles. The zero-order valence-electron chi connectivity index (χ0n) is 13.4. The second kappa shape index (κ2) is 5.96. The fourth-order valence-corrected chi connectivity index (χ4v) is 4.24. The molecule has 0 unspecified atom stereocenters. The number of carbonyl (C=O) groups excluding carboxylic acids is 1. The summed E-state index contributed by atoms with van der Waals surface area (Å²) >= 11 is 1.66. The molecule has 0 saturated carbocycles. The van der Waals surface area contributed by atoms with E-state index in [-0.39, 0.29) is 5.91 Å². The molecular weight excluding hydrogens is 306 g/mol. The molecule has 4 nitrogen and oxygen atoms in total. The SMILES string of the molecule is CCCCNc1nc(-c2cc3c4c(c2)CC(=O)N4CCC3)cs1. The molecule has 2 aliphatic heterocycles. The summed E-state index contributed by atoms with van der Waals surface area (Å²) in [6, 6.07) is 4.39. The standard InChI is InChI=1S/C18H21N3OS/c1-2-3-6-19-18-20-15(11-23-18)13-8-12-5-4-7-21-16(22)10-14(9-13)17(12)21/h8-9,11H,2-7,10H2,1H3,(H,19,20). The third-order valence-electron chi connectivity index (χ3n) is 4.61. The molecule has 5 heteroatoms. The van der Waals surface area contributed by atoms with Crippen LogP contribution in [0.1, 0.15) is 37.3 Å². The van der Waals surface area contributed by atoms with Crippen molar-refractivity contribution in [2.24, 2.45) is 0 Å². The highest BCUT2D eigenvalue weighted by atomic mass is 32.1. The van der Waals surface area contributed by atoms with Crippen LogP contribution >= 0.6 is 11.3 Å². The van der Waals surface area contributed by atoms with E-state index in [2.05, 4.69) is 29.8 Å². The first-order valence-electron chi connectivity index (χ1n) is 8.42. The number of nitrogens with one attached hydrogen (secondary N) is 1. The van der Waals surface area contributed by atoms with Gasteiger partial charge in [0.05, 0.1) is 17.8 Å². The minimum Gasteiger partial charge on any atom is -0.362 e. The lowest BCUT2D eigenvalue weighted by molar-refractivity contribution is -0.117. The Kier molecular flexibility index (Phi) is 3.81. The number of rotatable bonds is 5. The van der Waals surface area contributed by atoms with E-state index >= 15 is 0 Å². The summed E-state index contributed by atoms with van der Waals surface area (Å²) < 4.78 is 0. The highest BCUT2D eigenvalue weighted by Crippen LogP contribution is 2.40. The third kappa shape index (κ3) is 2.63. The van der Waals surface area contributed by atoms with Crippen molar-refractivity contribution in [1.29, 1.82) is 0 Å². The summed E-state index contributed by atoms with van der Waals surface area (Å²) in [4.78, 5) is 18.8. The predicted octanol–water partition coefficient (Wildman–Crippen LogP) is 3.86. The van der Waals surface area contributed by atoms with Gasteiger partial charge in [-0.1, -0.05) is 13.3 Å². The van der Waals surface area contributed by atoms with Crippen LogP contribution in [0.2, 0.25) is 0 Å². The molecule has 0 fully saturated rings. The van der Waals surface area contributed by atoms with E-state index in [1.807, 2.05) is 4.90 Å². The molecule has 0 spiro atoms. The molecule has 1 aromatic heterocycles. The lowest BCUT2D eigenvalue weighted by Gasteiger charge is -2.25. The van der Waals surface area contributed by atoms with Gasteiger partial charge in [-0.3, -0.25) is 4.79 Å². The maximum atomic E-state index is 12.1. The molecule has 0 bridgehead atoms. The van der Waals surface area contributed by atoms with Crippen molar-refractivity contribution in [1.82, 2.24) is 4.98 Å². The second-order valence-corrected chi connectivity index (χ2v) is 7.15. The Hall–Kier alpha value is -1.88. The van der Waals surface area contributed by atoms with Gasteiger partial charge < -0.3 is 10.2 Å². The molecule has 0 atom stereocenters. The molecule has 120 valence electrons. The Morgan fingerprint density at radius 3 is 3.09 bits per heavy atom. The van der Waals surface area contributed by atoms with Crippen molar-refractivity contribution < 1.29 is 4.79 Å². The van der Waals surface area contributed by atoms with Crippen LogP contribution in [-0.4, -0.2) is 24.0 Å². The smallest absolute Gasteiger partial charge is 0.231 e. The molecule has 2 aliphatic rings. The molecule has 4 rings (SSSR count). The highest BCUT2D eigenvalue weighted by molar-refractivity contribution is 7.14. The van der Waals surface area contributed by atoms with E-state index in [0.717, 1.165) is 48.7 Å². The summed E-state index contributed by atoms with van der Waals surface area (Å²) in [5.74, 6) is 0.248. The quantitative estimate of drug-likeness (QED) is 0.848. The molecule has 23 heavy (non-hydrogen) atoms. The first kappa shape index (κ1) is 14.7. The van der Waals surface area contributed by atoms with Crippen molar-refractivity contribution in [3.8, 4) is 11.3 Å². The van der Waals surface area contributed by atoms with E-state index in [4.69, 9.17) is 4.98 Å². The number of benzene rings is 1. The zero-order valence-corrected chi connectivity index (χ0v) is 14.2. The van der Waals surface area contributed by atoms with E-state index in [1.54, 1.807) is 11.3 Å². The van der Waals surface area contributed by atoms with E-state index in [0.29, 0.717) is 6.42 Å². The number of anilines is 2. The van der Waals surface area contributed by atoms with Crippen LogP contribution in [-0.2, 0) is 17.6 Å². The second-order valence-electron chi connectivity index (χ2n) is 6.29. The van der Waals surface area contributed by atoms with Crippen molar-refractivity contribution in [3.05, 3.63) is 28.6 Å². The Morgan fingerprint density at radius 2 is 2.22 bits per heavy atom. The lowest BCUT2D eigenvalue weighted by Crippen LogP contribution is -2.31. The summed E-state index contributed by atoms with van der Waals surface area (Å²) in [6.07, 6.45) is 5.01. The first-order chi connectivity index (χ1) is 11.3. The van der Waals surface area contributed by atoms with Crippen LogP contribution < -0.4 is 10.2 Å². The molecular formula is C18H21N3OS. The molecule has 3 heterocycles. The number of nitrogens with zero attached hydrogens (tertiary/aromatic N) is 2. The largest absolute Gasteiger partial charge is 0.362 e. The van der Waals surface area contributed by atoms with Crippen molar-refractivity contribution in [3.63, 3.8) is 0 Å². The van der Waals surface area contributed by atoms with E-state index in [9.17, 15) is 4.79 Å². The average molecular weight is 327 g/mol. The van der Waals surface area contributed by atoms with Crippen LogP contribution in [0.4, 0.5) is 10.8 Å². The van der Waals surface area contributed by atoms with Gasteiger partial charge in [0.1, 0.15) is 0 Å². The molecule has 1 N–H and O–H groups in total. The molecule has 0 aliphatic carbocycles. The highest BCUT2D eigenvalue weighted by Gasteiger charge is 2.32. The molecule has 2 aromatic rings. The third-order valence-corrected chi connectivity index (χ3v) is 5.41. The lowest BCUT2D eigenvalue weighted by atomic mass is 9.96. The van der Waals surface area contributed by atoms with Gasteiger partial charge in [-0.2, -0.15) is 0 Å². The topological polar surface area (TPSA) is 45.2 Å². The van der Waals surface area contributed by atoms with Crippen LogP contribution in [0, 0.1) is 0 Å². The number of hydrogen-bond acceptors (Lipinski definition) is 4. The molecule has 1 aromatic carbocycles. The van der Waals surface area contributed by atoms with Gasteiger partial charge in [-0.15, -0.1) is 11.3 Å². The van der Waals surface area contributed by atoms with Gasteiger partial charge in [0.15, 0.2) is 5.13 Å². The Morgan fingerprint density at radius 1 is 1.35 bits per heavy atom. The molecule has 0 radical (unpaired) electrons. The number of aromatic nitrogens is 1. The first-order valence-corrected chi connectivity index (χ1v) is 9.30. The maximum absolute atomic E-state index is 12.1. The van der Waals surface area contributed by atoms with Gasteiger partial charge in [0, 0.05) is 24.0 Å². The van der Waals surface area contributed by atoms with Gasteiger partial charge in [-0.05, 0) is 42.5 Å². The maximum Gasteiger partial charge on any atom is 0.231 e. The molecule has 1 amide bonds. The average Bonchev–Trinajstić information content (AvgIpc) is 3.14. The summed E-state index contributed by atoms with van der Waals surface area (Å²) in [6.45, 7) is 4.04. The van der Waals surface area contributed by atoms with Gasteiger partial charge in [0.25, 0.3) is 0 Å². The van der Waals surface area contributed by atoms with Crippen molar-refractivity contribution in [2.75, 3.05) is 23.3 Å². The van der Waals surface area contributed by atoms with Crippen molar-refractivity contribution in [2.45, 2.75) is 39.0 Å². The minimum atomic E-state index is 0.248. The van der Waals surface area contributed by atoms with E-state index in [1.165, 1.54) is 23.2 Å². The van der Waals surface area contributed by atoms with Crippen LogP contribution in [0.25, 0.3) is 11.3 Å². The van der Waals surface area contributed by atoms with Crippen molar-refractivity contribution >= 4 is 28.1 Å². The van der Waals surface area contributed by atoms with Gasteiger partial charge in [-0.25, -0.2) is 4.98 Å². The number of carbonyl (C=O) groups is 1. The fraction of sp³-hybridized carbons (Fsp3) is 0.444. The monoisotopic (exact) mass is 327 g/mol. The Balaban J connectivity index is 1.64. The summed E-state index contributed by atoms with van der Waals surface area (Å²) in [5, 5.41) is 6.48. The summed E-state index contributed by atoms with van der Waals surface area (Å²) in [7, 11) is 0. The summed E-state index contributed by atoms with van der Waals surface area (Å²) in [5.41, 5.74) is 5.83. The normalized spacial score (nSPS) is 15.9. The number of thiazole rings is 1. The number of amides is 1. The zero-order chi connectivity index (χ0) is 15.8.